The van der Waals surface area contributed by atoms with Gasteiger partial charge in [-0.15, -0.1) is 11.3 Å². The summed E-state index contributed by atoms with van der Waals surface area (Å²) in [5.41, 5.74) is 1.66. The highest BCUT2D eigenvalue weighted by molar-refractivity contribution is 7.11. The van der Waals surface area contributed by atoms with Gasteiger partial charge in [-0.3, -0.25) is 4.79 Å². The third-order valence-corrected chi connectivity index (χ3v) is 5.14. The molecule has 3 rings (SSSR count). The number of Topliss-reactive ketones (excluding diaryl/α,β-unsaturated/α-hetero) is 1. The third kappa shape index (κ3) is 2.65. The molecule has 1 aliphatic rings. The summed E-state index contributed by atoms with van der Waals surface area (Å²) in [5, 5.41) is 3.34. The van der Waals surface area contributed by atoms with Crippen molar-refractivity contribution in [3.05, 3.63) is 50.9 Å². The zero-order chi connectivity index (χ0) is 15.3. The van der Waals surface area contributed by atoms with Crippen LogP contribution in [-0.2, 0) is 10.8 Å². The molecule has 1 aromatic carbocycles. The van der Waals surface area contributed by atoms with E-state index >= 15 is 0 Å². The highest BCUT2D eigenvalue weighted by Gasteiger charge is 2.52. The molecule has 0 saturated heterocycles. The number of halogens is 1. The van der Waals surface area contributed by atoms with Crippen molar-refractivity contribution < 1.29 is 4.79 Å². The Morgan fingerprint density at radius 3 is 2.33 bits per heavy atom. The third-order valence-electron chi connectivity index (χ3n) is 4.05. The van der Waals surface area contributed by atoms with E-state index in [0.717, 1.165) is 24.1 Å². The van der Waals surface area contributed by atoms with Gasteiger partial charge in [-0.25, -0.2) is 4.98 Å². The topological polar surface area (TPSA) is 30.0 Å². The minimum Gasteiger partial charge on any atom is -0.290 e. The Morgan fingerprint density at radius 1 is 1.24 bits per heavy atom. The summed E-state index contributed by atoms with van der Waals surface area (Å²) >= 11 is 7.40. The van der Waals surface area contributed by atoms with Gasteiger partial charge >= 0.3 is 0 Å². The second-order valence-electron chi connectivity index (χ2n) is 6.71. The zero-order valence-electron chi connectivity index (χ0n) is 12.4. The molecule has 2 aromatic rings. The van der Waals surface area contributed by atoms with Crippen molar-refractivity contribution >= 4 is 28.7 Å². The smallest absolute Gasteiger partial charge is 0.201 e. The van der Waals surface area contributed by atoms with Crippen LogP contribution in [0.1, 0.15) is 54.7 Å². The van der Waals surface area contributed by atoms with Crippen LogP contribution in [0.5, 0.6) is 0 Å². The number of carbonyl (C=O) groups excluding carboxylic acids is 1. The Kier molecular flexibility index (Phi) is 3.45. The first-order valence-electron chi connectivity index (χ1n) is 7.10. The van der Waals surface area contributed by atoms with Gasteiger partial charge in [-0.1, -0.05) is 44.5 Å². The molecule has 0 spiro atoms. The summed E-state index contributed by atoms with van der Waals surface area (Å²) in [5.74, 6) is 0.158. The van der Waals surface area contributed by atoms with Crippen LogP contribution in [0.2, 0.25) is 5.02 Å². The minimum atomic E-state index is -0.363. The molecule has 0 amide bonds. The number of ketones is 1. The molecular formula is C17H18ClNOS. The van der Waals surface area contributed by atoms with E-state index in [1.54, 1.807) is 0 Å². The lowest BCUT2D eigenvalue weighted by atomic mass is 9.91. The number of benzene rings is 1. The van der Waals surface area contributed by atoms with Gasteiger partial charge in [0, 0.05) is 15.8 Å². The lowest BCUT2D eigenvalue weighted by Gasteiger charge is -2.15. The molecule has 21 heavy (non-hydrogen) atoms. The Morgan fingerprint density at radius 2 is 1.86 bits per heavy atom. The Hall–Kier alpha value is -1.19. The maximum Gasteiger partial charge on any atom is 0.201 e. The quantitative estimate of drug-likeness (QED) is 0.744. The molecule has 1 aromatic heterocycles. The molecule has 1 heterocycles. The average molecular weight is 320 g/mol. The maximum atomic E-state index is 12.9. The molecule has 4 heteroatoms. The van der Waals surface area contributed by atoms with Crippen LogP contribution in [0, 0.1) is 0 Å². The van der Waals surface area contributed by atoms with E-state index in [9.17, 15) is 4.79 Å². The van der Waals surface area contributed by atoms with E-state index in [4.69, 9.17) is 11.6 Å². The Bertz CT molecular complexity index is 678. The van der Waals surface area contributed by atoms with Gasteiger partial charge in [0.1, 0.15) is 0 Å². The van der Waals surface area contributed by atoms with Crippen molar-refractivity contribution in [2.24, 2.45) is 0 Å². The largest absolute Gasteiger partial charge is 0.290 e. The fourth-order valence-electron chi connectivity index (χ4n) is 2.47. The summed E-state index contributed by atoms with van der Waals surface area (Å²) in [6.45, 7) is 6.34. The summed E-state index contributed by atoms with van der Waals surface area (Å²) in [7, 11) is 0. The van der Waals surface area contributed by atoms with Crippen LogP contribution in [0.3, 0.4) is 0 Å². The molecule has 2 nitrogen and oxygen atoms in total. The molecule has 0 atom stereocenters. The highest BCUT2D eigenvalue weighted by Crippen LogP contribution is 2.51. The van der Waals surface area contributed by atoms with Gasteiger partial charge in [0.05, 0.1) is 11.1 Å². The number of aromatic nitrogens is 1. The normalized spacial score (nSPS) is 16.8. The molecule has 1 saturated carbocycles. The fourth-order valence-corrected chi connectivity index (χ4v) is 3.68. The van der Waals surface area contributed by atoms with E-state index in [1.807, 2.05) is 29.6 Å². The van der Waals surface area contributed by atoms with Crippen molar-refractivity contribution in [2.75, 3.05) is 0 Å². The number of thiazole rings is 1. The molecule has 110 valence electrons. The second kappa shape index (κ2) is 4.92. The average Bonchev–Trinajstić information content (AvgIpc) is 3.06. The summed E-state index contributed by atoms with van der Waals surface area (Å²) < 4.78 is 0. The Balaban J connectivity index is 1.91. The number of hydrogen-bond donors (Lipinski definition) is 0. The standard InChI is InChI=1S/C17H18ClNOS/c1-16(2,3)13-10-21-15(19-13)14(20)17(8-9-17)11-4-6-12(18)7-5-11/h4-7,10H,8-9H2,1-3H3. The number of rotatable bonds is 3. The van der Waals surface area contributed by atoms with E-state index in [2.05, 4.69) is 25.8 Å². The molecular weight excluding hydrogens is 302 g/mol. The minimum absolute atomic E-state index is 0.0218. The van der Waals surface area contributed by atoms with Gasteiger partial charge < -0.3 is 0 Å². The fraction of sp³-hybridized carbons (Fsp3) is 0.412. The van der Waals surface area contributed by atoms with Crippen molar-refractivity contribution in [2.45, 2.75) is 44.4 Å². The van der Waals surface area contributed by atoms with Crippen LogP contribution in [-0.4, -0.2) is 10.8 Å². The summed E-state index contributed by atoms with van der Waals surface area (Å²) in [4.78, 5) is 17.4. The molecule has 1 aliphatic carbocycles. The first-order valence-corrected chi connectivity index (χ1v) is 8.35. The predicted molar refractivity (Wildman–Crippen MR) is 87.5 cm³/mol. The number of carbonyl (C=O) groups is 1. The van der Waals surface area contributed by atoms with Gasteiger partial charge in [-0.2, -0.15) is 0 Å². The zero-order valence-corrected chi connectivity index (χ0v) is 14.0. The summed E-state index contributed by atoms with van der Waals surface area (Å²) in [6.07, 6.45) is 1.80. The van der Waals surface area contributed by atoms with Crippen molar-refractivity contribution in [1.29, 1.82) is 0 Å². The van der Waals surface area contributed by atoms with Crippen LogP contribution in [0.4, 0.5) is 0 Å². The van der Waals surface area contributed by atoms with E-state index in [0.29, 0.717) is 10.0 Å². The molecule has 0 radical (unpaired) electrons. The highest BCUT2D eigenvalue weighted by atomic mass is 35.5. The van der Waals surface area contributed by atoms with Gasteiger partial charge in [0.25, 0.3) is 0 Å². The monoisotopic (exact) mass is 319 g/mol. The van der Waals surface area contributed by atoms with E-state index in [1.165, 1.54) is 11.3 Å². The first-order chi connectivity index (χ1) is 9.83. The number of hydrogen-bond acceptors (Lipinski definition) is 3. The van der Waals surface area contributed by atoms with Crippen molar-refractivity contribution in [3.63, 3.8) is 0 Å². The molecule has 0 unspecified atom stereocenters. The lowest BCUT2D eigenvalue weighted by molar-refractivity contribution is 0.0945. The molecule has 0 N–H and O–H groups in total. The van der Waals surface area contributed by atoms with Crippen LogP contribution < -0.4 is 0 Å². The van der Waals surface area contributed by atoms with Crippen LogP contribution in [0.25, 0.3) is 0 Å². The van der Waals surface area contributed by atoms with Gasteiger partial charge in [0.2, 0.25) is 5.78 Å². The SMILES string of the molecule is CC(C)(C)c1csc(C(=O)C2(c3ccc(Cl)cc3)CC2)n1. The molecule has 0 bridgehead atoms. The first kappa shape index (κ1) is 14.7. The number of nitrogens with zero attached hydrogens (tertiary/aromatic N) is 1. The van der Waals surface area contributed by atoms with Crippen molar-refractivity contribution in [1.82, 2.24) is 4.98 Å². The van der Waals surface area contributed by atoms with Crippen molar-refractivity contribution in [3.8, 4) is 0 Å². The molecule has 1 fully saturated rings. The summed E-state index contributed by atoms with van der Waals surface area (Å²) in [6, 6.07) is 7.64. The lowest BCUT2D eigenvalue weighted by Crippen LogP contribution is -2.21. The van der Waals surface area contributed by atoms with Gasteiger partial charge in [0.15, 0.2) is 5.01 Å². The van der Waals surface area contributed by atoms with Crippen LogP contribution in [0.15, 0.2) is 29.6 Å². The van der Waals surface area contributed by atoms with Gasteiger partial charge in [-0.05, 0) is 30.5 Å². The Labute approximate surface area is 134 Å². The second-order valence-corrected chi connectivity index (χ2v) is 8.00. The van der Waals surface area contributed by atoms with Crippen LogP contribution >= 0.6 is 22.9 Å². The maximum absolute atomic E-state index is 12.9. The molecule has 0 aliphatic heterocycles. The van der Waals surface area contributed by atoms with E-state index < -0.39 is 0 Å². The predicted octanol–water partition coefficient (Wildman–Crippen LogP) is 5.01. The van der Waals surface area contributed by atoms with E-state index in [-0.39, 0.29) is 16.6 Å².